The van der Waals surface area contributed by atoms with Gasteiger partial charge >= 0.3 is 6.61 Å². The first-order valence-corrected chi connectivity index (χ1v) is 6.01. The molecule has 0 bridgehead atoms. The summed E-state index contributed by atoms with van der Waals surface area (Å²) in [5.41, 5.74) is 7.41. The van der Waals surface area contributed by atoms with Gasteiger partial charge in [-0.25, -0.2) is 4.98 Å². The molecule has 0 amide bonds. The maximum absolute atomic E-state index is 12.1. The van der Waals surface area contributed by atoms with Gasteiger partial charge in [-0.1, -0.05) is 6.08 Å². The number of aromatic nitrogens is 2. The van der Waals surface area contributed by atoms with E-state index in [0.717, 1.165) is 11.4 Å². The number of imidazole rings is 1. The van der Waals surface area contributed by atoms with Crippen molar-refractivity contribution in [3.63, 3.8) is 0 Å². The van der Waals surface area contributed by atoms with Gasteiger partial charge in [0.05, 0.1) is 0 Å². The zero-order valence-corrected chi connectivity index (χ0v) is 11.0. The fraction of sp³-hybridized carbons (Fsp3) is 0.214. The summed E-state index contributed by atoms with van der Waals surface area (Å²) in [6.07, 6.45) is 1.73. The van der Waals surface area contributed by atoms with Gasteiger partial charge in [-0.15, -0.1) is 6.58 Å². The first-order valence-electron chi connectivity index (χ1n) is 6.01. The van der Waals surface area contributed by atoms with Gasteiger partial charge in [0.2, 0.25) is 0 Å². The lowest BCUT2D eigenvalue weighted by Crippen LogP contribution is -2.03. The summed E-state index contributed by atoms with van der Waals surface area (Å²) in [6, 6.07) is 6.22. The molecule has 0 radical (unpaired) electrons. The second-order valence-corrected chi connectivity index (χ2v) is 4.20. The Morgan fingerprint density at radius 2 is 2.05 bits per heavy atom. The number of benzene rings is 1. The fourth-order valence-electron chi connectivity index (χ4n) is 1.95. The molecular weight excluding hydrogens is 264 g/mol. The lowest BCUT2D eigenvalue weighted by Gasteiger charge is -2.06. The van der Waals surface area contributed by atoms with Crippen LogP contribution in [0.3, 0.4) is 0 Å². The molecule has 1 heterocycles. The molecule has 4 nitrogen and oxygen atoms in total. The number of aryl methyl sites for hydroxylation is 1. The van der Waals surface area contributed by atoms with Gasteiger partial charge in [-0.2, -0.15) is 8.78 Å². The highest BCUT2D eigenvalue weighted by atomic mass is 19.3. The lowest BCUT2D eigenvalue weighted by atomic mass is 10.1. The maximum Gasteiger partial charge on any atom is 0.387 e. The minimum atomic E-state index is -2.83. The van der Waals surface area contributed by atoms with E-state index < -0.39 is 6.61 Å². The standard InChI is InChI=1S/C14H15F2N3O/c1-3-8-19-9(2)18-12(13(19)17)10-4-6-11(7-5-10)20-14(15)16/h3-7,14H,1,8,17H2,2H3. The number of anilines is 1. The smallest absolute Gasteiger partial charge is 0.387 e. The summed E-state index contributed by atoms with van der Waals surface area (Å²) in [6.45, 7) is 3.25. The van der Waals surface area contributed by atoms with E-state index in [0.29, 0.717) is 18.1 Å². The molecule has 106 valence electrons. The van der Waals surface area contributed by atoms with E-state index >= 15 is 0 Å². The quantitative estimate of drug-likeness (QED) is 0.855. The van der Waals surface area contributed by atoms with Gasteiger partial charge in [0.15, 0.2) is 0 Å². The highest BCUT2D eigenvalue weighted by Gasteiger charge is 2.13. The fourth-order valence-corrected chi connectivity index (χ4v) is 1.95. The van der Waals surface area contributed by atoms with Crippen LogP contribution in [-0.4, -0.2) is 16.2 Å². The van der Waals surface area contributed by atoms with Crippen LogP contribution < -0.4 is 10.5 Å². The Morgan fingerprint density at radius 3 is 2.60 bits per heavy atom. The average Bonchev–Trinajstić information content (AvgIpc) is 2.67. The number of allylic oxidation sites excluding steroid dienone is 1. The molecule has 1 aromatic carbocycles. The number of hydrogen-bond donors (Lipinski definition) is 1. The molecule has 2 aromatic rings. The Hall–Kier alpha value is -2.37. The van der Waals surface area contributed by atoms with Crippen molar-refractivity contribution in [3.8, 4) is 17.0 Å². The molecule has 20 heavy (non-hydrogen) atoms. The SMILES string of the molecule is C=CCn1c(C)nc(-c2ccc(OC(F)F)cc2)c1N. The van der Waals surface area contributed by atoms with E-state index in [1.54, 1.807) is 18.2 Å². The minimum Gasteiger partial charge on any atom is -0.435 e. The van der Waals surface area contributed by atoms with Crippen LogP contribution in [0.1, 0.15) is 5.82 Å². The molecular formula is C14H15F2N3O. The van der Waals surface area contributed by atoms with E-state index in [4.69, 9.17) is 5.73 Å². The Balaban J connectivity index is 2.32. The number of nitrogens with zero attached hydrogens (tertiary/aromatic N) is 2. The summed E-state index contributed by atoms with van der Waals surface area (Å²) in [5.74, 6) is 1.39. The first kappa shape index (κ1) is 14.0. The van der Waals surface area contributed by atoms with Crippen LogP contribution in [0, 0.1) is 6.92 Å². The molecule has 6 heteroatoms. The Morgan fingerprint density at radius 1 is 1.40 bits per heavy atom. The highest BCUT2D eigenvalue weighted by molar-refractivity contribution is 5.71. The third kappa shape index (κ3) is 2.79. The first-order chi connectivity index (χ1) is 9.52. The van der Waals surface area contributed by atoms with Crippen LogP contribution in [0.5, 0.6) is 5.75 Å². The van der Waals surface area contributed by atoms with Crippen LogP contribution in [0.4, 0.5) is 14.6 Å². The predicted molar refractivity (Wildman–Crippen MR) is 73.6 cm³/mol. The third-order valence-electron chi connectivity index (χ3n) is 2.86. The van der Waals surface area contributed by atoms with E-state index in [1.165, 1.54) is 12.1 Å². The summed E-state index contributed by atoms with van der Waals surface area (Å²) in [7, 11) is 0. The Bertz CT molecular complexity index is 606. The molecule has 0 saturated heterocycles. The molecule has 0 aliphatic heterocycles. The van der Waals surface area contributed by atoms with Crippen molar-refractivity contribution >= 4 is 5.82 Å². The monoisotopic (exact) mass is 279 g/mol. The summed E-state index contributed by atoms with van der Waals surface area (Å²) in [4.78, 5) is 4.39. The van der Waals surface area contributed by atoms with E-state index in [1.807, 2.05) is 11.5 Å². The lowest BCUT2D eigenvalue weighted by molar-refractivity contribution is -0.0498. The van der Waals surface area contributed by atoms with Gasteiger partial charge in [-0.05, 0) is 31.2 Å². The average molecular weight is 279 g/mol. The van der Waals surface area contributed by atoms with E-state index in [9.17, 15) is 8.78 Å². The molecule has 1 aromatic heterocycles. The van der Waals surface area contributed by atoms with Crippen molar-refractivity contribution in [2.45, 2.75) is 20.1 Å². The largest absolute Gasteiger partial charge is 0.435 e. The molecule has 0 fully saturated rings. The maximum atomic E-state index is 12.1. The number of hydrogen-bond acceptors (Lipinski definition) is 3. The van der Waals surface area contributed by atoms with Gasteiger partial charge in [0, 0.05) is 12.1 Å². The summed E-state index contributed by atoms with van der Waals surface area (Å²) < 4.78 is 30.3. The van der Waals surface area contributed by atoms with E-state index in [-0.39, 0.29) is 5.75 Å². The molecule has 2 rings (SSSR count). The van der Waals surface area contributed by atoms with Crippen LogP contribution in [0.2, 0.25) is 0 Å². The van der Waals surface area contributed by atoms with Gasteiger partial charge in [0.25, 0.3) is 0 Å². The van der Waals surface area contributed by atoms with Crippen LogP contribution in [0.15, 0.2) is 36.9 Å². The van der Waals surface area contributed by atoms with Crippen LogP contribution in [0.25, 0.3) is 11.3 Å². The van der Waals surface area contributed by atoms with E-state index in [2.05, 4.69) is 16.3 Å². The summed E-state index contributed by atoms with van der Waals surface area (Å²) in [5, 5.41) is 0. The minimum absolute atomic E-state index is 0.101. The molecule has 0 aliphatic rings. The normalized spacial score (nSPS) is 10.8. The number of alkyl halides is 2. The van der Waals surface area contributed by atoms with Crippen molar-refractivity contribution < 1.29 is 13.5 Å². The second-order valence-electron chi connectivity index (χ2n) is 4.20. The number of halogens is 2. The molecule has 0 spiro atoms. The number of rotatable bonds is 5. The summed E-state index contributed by atoms with van der Waals surface area (Å²) >= 11 is 0. The van der Waals surface area contributed by atoms with Crippen molar-refractivity contribution in [2.75, 3.05) is 5.73 Å². The highest BCUT2D eigenvalue weighted by Crippen LogP contribution is 2.28. The molecule has 0 aliphatic carbocycles. The molecule has 0 saturated carbocycles. The predicted octanol–water partition coefficient (Wildman–Crippen LogP) is 3.23. The number of nitrogens with two attached hydrogens (primary N) is 1. The Kier molecular flexibility index (Phi) is 4.02. The number of ether oxygens (including phenoxy) is 1. The van der Waals surface area contributed by atoms with Crippen LogP contribution >= 0.6 is 0 Å². The molecule has 2 N–H and O–H groups in total. The van der Waals surface area contributed by atoms with Gasteiger partial charge < -0.3 is 15.0 Å². The zero-order valence-electron chi connectivity index (χ0n) is 11.0. The van der Waals surface area contributed by atoms with Crippen molar-refractivity contribution in [2.24, 2.45) is 0 Å². The topological polar surface area (TPSA) is 53.1 Å². The molecule has 0 atom stereocenters. The van der Waals surface area contributed by atoms with Crippen molar-refractivity contribution in [1.29, 1.82) is 0 Å². The van der Waals surface area contributed by atoms with Crippen molar-refractivity contribution in [3.05, 3.63) is 42.7 Å². The van der Waals surface area contributed by atoms with Crippen molar-refractivity contribution in [1.82, 2.24) is 9.55 Å². The molecule has 0 unspecified atom stereocenters. The van der Waals surface area contributed by atoms with Crippen LogP contribution in [-0.2, 0) is 6.54 Å². The zero-order chi connectivity index (χ0) is 14.7. The number of nitrogen functional groups attached to an aromatic ring is 1. The Labute approximate surface area is 115 Å². The van der Waals surface area contributed by atoms with Gasteiger partial charge in [-0.3, -0.25) is 0 Å². The second kappa shape index (κ2) is 5.73. The van der Waals surface area contributed by atoms with Gasteiger partial charge in [0.1, 0.15) is 23.1 Å². The third-order valence-corrected chi connectivity index (χ3v) is 2.86.